The molecule has 5 heteroatoms. The Labute approximate surface area is 137 Å². The zero-order valence-corrected chi connectivity index (χ0v) is 13.4. The lowest BCUT2D eigenvalue weighted by Gasteiger charge is -2.18. The van der Waals surface area contributed by atoms with Crippen molar-refractivity contribution in [2.45, 2.75) is 32.4 Å². The van der Waals surface area contributed by atoms with Gasteiger partial charge in [0.05, 0.1) is 4.92 Å². The fourth-order valence-electron chi connectivity index (χ4n) is 2.38. The Hall–Kier alpha value is -1.91. The number of rotatable bonds is 7. The molecule has 0 radical (unpaired) electrons. The monoisotopic (exact) mass is 320 g/mol. The molecule has 2 rings (SSSR count). The maximum Gasteiger partial charge on any atom is 0.269 e. The number of benzene rings is 2. The summed E-state index contributed by atoms with van der Waals surface area (Å²) in [7, 11) is 0. The minimum absolute atomic E-state index is 0. The standard InChI is InChI=1S/C17H20N2O2.ClH/c1-2-7-17(15-9-4-3-5-10-15)18-13-14-8-6-11-16(12-14)19(20)21;/h3-6,8-12,17-18H,2,7,13H2,1H3;1H. The van der Waals surface area contributed by atoms with Crippen molar-refractivity contribution in [3.05, 3.63) is 75.8 Å². The molecule has 1 atom stereocenters. The summed E-state index contributed by atoms with van der Waals surface area (Å²) in [4.78, 5) is 10.4. The third kappa shape index (κ3) is 5.13. The summed E-state index contributed by atoms with van der Waals surface area (Å²) in [6.07, 6.45) is 2.13. The average molecular weight is 321 g/mol. The second-order valence-electron chi connectivity index (χ2n) is 5.06. The zero-order valence-electron chi connectivity index (χ0n) is 12.6. The van der Waals surface area contributed by atoms with Crippen LogP contribution in [0.1, 0.15) is 36.9 Å². The van der Waals surface area contributed by atoms with E-state index in [9.17, 15) is 10.1 Å². The van der Waals surface area contributed by atoms with Gasteiger partial charge in [0.15, 0.2) is 0 Å². The van der Waals surface area contributed by atoms with E-state index in [2.05, 4.69) is 24.4 Å². The highest BCUT2D eigenvalue weighted by Gasteiger charge is 2.11. The van der Waals surface area contributed by atoms with Crippen LogP contribution in [0.4, 0.5) is 5.69 Å². The van der Waals surface area contributed by atoms with Crippen molar-refractivity contribution in [2.75, 3.05) is 0 Å². The van der Waals surface area contributed by atoms with Crippen molar-refractivity contribution in [3.63, 3.8) is 0 Å². The molecule has 0 aromatic heterocycles. The van der Waals surface area contributed by atoms with Gasteiger partial charge in [-0.1, -0.05) is 55.8 Å². The number of hydrogen-bond acceptors (Lipinski definition) is 3. The third-order valence-electron chi connectivity index (χ3n) is 3.45. The van der Waals surface area contributed by atoms with E-state index in [1.807, 2.05) is 24.3 Å². The Bertz CT molecular complexity index is 590. The highest BCUT2D eigenvalue weighted by Crippen LogP contribution is 2.19. The molecule has 0 bridgehead atoms. The van der Waals surface area contributed by atoms with E-state index < -0.39 is 0 Å². The van der Waals surface area contributed by atoms with Gasteiger partial charge in [-0.15, -0.1) is 12.4 Å². The van der Waals surface area contributed by atoms with E-state index in [-0.39, 0.29) is 29.1 Å². The number of non-ortho nitro benzene ring substituents is 1. The summed E-state index contributed by atoms with van der Waals surface area (Å²) in [5.74, 6) is 0. The summed E-state index contributed by atoms with van der Waals surface area (Å²) in [5, 5.41) is 14.3. The normalized spacial score (nSPS) is 11.5. The van der Waals surface area contributed by atoms with Gasteiger partial charge in [-0.2, -0.15) is 0 Å². The van der Waals surface area contributed by atoms with E-state index in [0.717, 1.165) is 18.4 Å². The fraction of sp³-hybridized carbons (Fsp3) is 0.294. The molecule has 22 heavy (non-hydrogen) atoms. The molecule has 1 unspecified atom stereocenters. The van der Waals surface area contributed by atoms with Crippen LogP contribution in [-0.2, 0) is 6.54 Å². The van der Waals surface area contributed by atoms with Crippen molar-refractivity contribution in [1.82, 2.24) is 5.32 Å². The third-order valence-corrected chi connectivity index (χ3v) is 3.45. The number of nitro benzene ring substituents is 1. The predicted octanol–water partition coefficient (Wildman–Crippen LogP) is 4.65. The topological polar surface area (TPSA) is 55.2 Å². The smallest absolute Gasteiger partial charge is 0.269 e. The van der Waals surface area contributed by atoms with Crippen molar-refractivity contribution in [3.8, 4) is 0 Å². The zero-order chi connectivity index (χ0) is 15.1. The first-order chi connectivity index (χ1) is 10.2. The van der Waals surface area contributed by atoms with Crippen LogP contribution >= 0.6 is 12.4 Å². The van der Waals surface area contributed by atoms with Crippen molar-refractivity contribution in [2.24, 2.45) is 0 Å². The molecule has 0 amide bonds. The van der Waals surface area contributed by atoms with E-state index in [1.54, 1.807) is 12.1 Å². The van der Waals surface area contributed by atoms with E-state index in [1.165, 1.54) is 11.6 Å². The Morgan fingerprint density at radius 3 is 2.50 bits per heavy atom. The van der Waals surface area contributed by atoms with Gasteiger partial charge in [-0.05, 0) is 17.5 Å². The van der Waals surface area contributed by atoms with Gasteiger partial charge in [0.1, 0.15) is 0 Å². The second kappa shape index (κ2) is 9.18. The molecular formula is C17H21ClN2O2. The van der Waals surface area contributed by atoms with Gasteiger partial charge < -0.3 is 5.32 Å². The molecule has 0 heterocycles. The first-order valence-corrected chi connectivity index (χ1v) is 7.22. The van der Waals surface area contributed by atoms with Crippen LogP contribution in [0, 0.1) is 10.1 Å². The molecule has 0 aliphatic heterocycles. The molecule has 4 nitrogen and oxygen atoms in total. The second-order valence-corrected chi connectivity index (χ2v) is 5.06. The molecule has 118 valence electrons. The van der Waals surface area contributed by atoms with Crippen molar-refractivity contribution < 1.29 is 4.92 Å². The number of halogens is 1. The summed E-state index contributed by atoms with van der Waals surface area (Å²) >= 11 is 0. The minimum atomic E-state index is -0.357. The molecule has 0 spiro atoms. The minimum Gasteiger partial charge on any atom is -0.306 e. The molecule has 2 aromatic rings. The molecule has 0 saturated carbocycles. The highest BCUT2D eigenvalue weighted by molar-refractivity contribution is 5.85. The molecule has 2 aromatic carbocycles. The van der Waals surface area contributed by atoms with Crippen LogP contribution in [-0.4, -0.2) is 4.92 Å². The molecule has 0 aliphatic rings. The van der Waals surface area contributed by atoms with Crippen LogP contribution in [0.3, 0.4) is 0 Å². The van der Waals surface area contributed by atoms with E-state index in [0.29, 0.717) is 6.54 Å². The summed E-state index contributed by atoms with van der Waals surface area (Å²) < 4.78 is 0. The van der Waals surface area contributed by atoms with Crippen LogP contribution in [0.5, 0.6) is 0 Å². The number of hydrogen-bond donors (Lipinski definition) is 1. The van der Waals surface area contributed by atoms with Gasteiger partial charge in [0.2, 0.25) is 0 Å². The van der Waals surface area contributed by atoms with Crippen LogP contribution in [0.25, 0.3) is 0 Å². The van der Waals surface area contributed by atoms with Gasteiger partial charge >= 0.3 is 0 Å². The SMILES string of the molecule is CCCC(NCc1cccc([N+](=O)[O-])c1)c1ccccc1.Cl. The quantitative estimate of drug-likeness (QED) is 0.597. The molecule has 1 N–H and O–H groups in total. The molecule has 0 saturated heterocycles. The first-order valence-electron chi connectivity index (χ1n) is 7.22. The Morgan fingerprint density at radius 2 is 1.86 bits per heavy atom. The average Bonchev–Trinajstić information content (AvgIpc) is 2.52. The van der Waals surface area contributed by atoms with Crippen LogP contribution in [0.2, 0.25) is 0 Å². The lowest BCUT2D eigenvalue weighted by Crippen LogP contribution is -2.20. The molecule has 0 aliphatic carbocycles. The Kier molecular flexibility index (Phi) is 7.57. The fourth-order valence-corrected chi connectivity index (χ4v) is 2.38. The van der Waals surface area contributed by atoms with Crippen LogP contribution in [0.15, 0.2) is 54.6 Å². The largest absolute Gasteiger partial charge is 0.306 e. The van der Waals surface area contributed by atoms with Gasteiger partial charge in [0, 0.05) is 24.7 Å². The summed E-state index contributed by atoms with van der Waals surface area (Å²) in [5.41, 5.74) is 2.33. The van der Waals surface area contributed by atoms with E-state index in [4.69, 9.17) is 0 Å². The Balaban J connectivity index is 0.00000242. The molecular weight excluding hydrogens is 300 g/mol. The lowest BCUT2D eigenvalue weighted by atomic mass is 10.0. The van der Waals surface area contributed by atoms with Crippen molar-refractivity contribution >= 4 is 18.1 Å². The molecule has 0 fully saturated rings. The van der Waals surface area contributed by atoms with Gasteiger partial charge in [-0.3, -0.25) is 10.1 Å². The first kappa shape index (κ1) is 18.1. The van der Waals surface area contributed by atoms with Gasteiger partial charge in [0.25, 0.3) is 5.69 Å². The highest BCUT2D eigenvalue weighted by atomic mass is 35.5. The van der Waals surface area contributed by atoms with Crippen molar-refractivity contribution in [1.29, 1.82) is 0 Å². The predicted molar refractivity (Wildman–Crippen MR) is 91.3 cm³/mol. The maximum atomic E-state index is 10.8. The Morgan fingerprint density at radius 1 is 1.14 bits per heavy atom. The van der Waals surface area contributed by atoms with Gasteiger partial charge in [-0.25, -0.2) is 0 Å². The van der Waals surface area contributed by atoms with E-state index >= 15 is 0 Å². The summed E-state index contributed by atoms with van der Waals surface area (Å²) in [6, 6.07) is 17.4. The lowest BCUT2D eigenvalue weighted by molar-refractivity contribution is -0.384. The number of nitro groups is 1. The number of nitrogens with one attached hydrogen (secondary N) is 1. The summed E-state index contributed by atoms with van der Waals surface area (Å²) in [6.45, 7) is 2.78. The maximum absolute atomic E-state index is 10.8. The van der Waals surface area contributed by atoms with Crippen LogP contribution < -0.4 is 5.32 Å². The number of nitrogens with zero attached hydrogens (tertiary/aromatic N) is 1.